The third-order valence-electron chi connectivity index (χ3n) is 2.63. The lowest BCUT2D eigenvalue weighted by Gasteiger charge is -2.05. The van der Waals surface area contributed by atoms with E-state index in [4.69, 9.17) is 0 Å². The van der Waals surface area contributed by atoms with Crippen LogP contribution in [-0.2, 0) is 4.79 Å². The van der Waals surface area contributed by atoms with Crippen LogP contribution in [0.4, 0.5) is 5.69 Å². The maximum absolute atomic E-state index is 11.6. The number of amides is 1. The molecule has 0 spiro atoms. The number of hydrogen-bond donors (Lipinski definition) is 3. The Labute approximate surface area is 136 Å². The van der Waals surface area contributed by atoms with Gasteiger partial charge in [0, 0.05) is 14.8 Å². The molecule has 0 bridgehead atoms. The minimum absolute atomic E-state index is 0.118. The molecule has 0 unspecified atom stereocenters. The molecule has 1 amide bonds. The van der Waals surface area contributed by atoms with Crippen LogP contribution in [0, 0.1) is 3.57 Å². The molecule has 0 radical (unpaired) electrons. The summed E-state index contributed by atoms with van der Waals surface area (Å²) in [6.07, 6.45) is 1.40. The summed E-state index contributed by atoms with van der Waals surface area (Å²) in [5.74, 6) is -0.146. The highest BCUT2D eigenvalue weighted by molar-refractivity contribution is 14.1. The Balaban J connectivity index is 1.80. The molecular formula is C15H14IN3O2. The fraction of sp³-hybridized carbons (Fsp3) is 0.0667. The van der Waals surface area contributed by atoms with E-state index < -0.39 is 0 Å². The second kappa shape index (κ2) is 7.63. The number of aromatic hydroxyl groups is 1. The highest BCUT2D eigenvalue weighted by Crippen LogP contribution is 2.12. The molecule has 2 aromatic carbocycles. The van der Waals surface area contributed by atoms with Crippen LogP contribution in [0.1, 0.15) is 5.56 Å². The van der Waals surface area contributed by atoms with Gasteiger partial charge in [-0.1, -0.05) is 12.1 Å². The van der Waals surface area contributed by atoms with E-state index in [0.29, 0.717) is 5.56 Å². The Morgan fingerprint density at radius 2 is 1.90 bits per heavy atom. The van der Waals surface area contributed by atoms with E-state index in [1.807, 2.05) is 24.3 Å². The number of para-hydroxylation sites is 1. The summed E-state index contributed by atoms with van der Waals surface area (Å²) in [7, 11) is 0. The Hall–Kier alpha value is -2.09. The average Bonchev–Trinajstić information content (AvgIpc) is 2.49. The maximum Gasteiger partial charge on any atom is 0.259 e. The van der Waals surface area contributed by atoms with Crippen molar-refractivity contribution in [3.8, 4) is 5.75 Å². The molecule has 2 aromatic rings. The van der Waals surface area contributed by atoms with Crippen molar-refractivity contribution in [3.63, 3.8) is 0 Å². The van der Waals surface area contributed by atoms with Crippen molar-refractivity contribution in [1.29, 1.82) is 0 Å². The minimum atomic E-state index is -0.264. The highest BCUT2D eigenvalue weighted by Gasteiger charge is 2.00. The van der Waals surface area contributed by atoms with Crippen LogP contribution in [0.2, 0.25) is 0 Å². The van der Waals surface area contributed by atoms with Gasteiger partial charge in [0.2, 0.25) is 0 Å². The molecule has 0 aliphatic heterocycles. The van der Waals surface area contributed by atoms with E-state index >= 15 is 0 Å². The number of phenols is 1. The highest BCUT2D eigenvalue weighted by atomic mass is 127. The summed E-state index contributed by atoms with van der Waals surface area (Å²) in [5.41, 5.74) is 3.81. The number of benzene rings is 2. The quantitative estimate of drug-likeness (QED) is 0.414. The SMILES string of the molecule is O=C(CNc1ccc(I)cc1)N/N=C\c1ccccc1O. The fourth-order valence-electron chi connectivity index (χ4n) is 1.56. The van der Waals surface area contributed by atoms with Crippen LogP contribution in [0.25, 0.3) is 0 Å². The first kappa shape index (κ1) is 15.3. The lowest BCUT2D eigenvalue weighted by molar-refractivity contribution is -0.119. The van der Waals surface area contributed by atoms with Gasteiger partial charge in [0.1, 0.15) is 5.75 Å². The Morgan fingerprint density at radius 3 is 2.62 bits per heavy atom. The van der Waals surface area contributed by atoms with E-state index in [0.717, 1.165) is 9.26 Å². The number of hydrazone groups is 1. The number of nitrogens with one attached hydrogen (secondary N) is 2. The lowest BCUT2D eigenvalue weighted by Crippen LogP contribution is -2.25. The third kappa shape index (κ3) is 5.07. The molecule has 0 saturated carbocycles. The van der Waals surface area contributed by atoms with Gasteiger partial charge in [-0.2, -0.15) is 5.10 Å². The Morgan fingerprint density at radius 1 is 1.19 bits per heavy atom. The smallest absolute Gasteiger partial charge is 0.259 e. The lowest BCUT2D eigenvalue weighted by atomic mass is 10.2. The van der Waals surface area contributed by atoms with E-state index in [1.165, 1.54) is 6.21 Å². The Kier molecular flexibility index (Phi) is 5.56. The molecule has 21 heavy (non-hydrogen) atoms. The zero-order valence-corrected chi connectivity index (χ0v) is 13.2. The average molecular weight is 395 g/mol. The topological polar surface area (TPSA) is 73.7 Å². The van der Waals surface area contributed by atoms with Crippen molar-refractivity contribution in [2.45, 2.75) is 0 Å². The van der Waals surface area contributed by atoms with Gasteiger partial charge in [-0.3, -0.25) is 4.79 Å². The van der Waals surface area contributed by atoms with Crippen LogP contribution in [0.3, 0.4) is 0 Å². The van der Waals surface area contributed by atoms with E-state index in [-0.39, 0.29) is 18.2 Å². The second-order valence-corrected chi connectivity index (χ2v) is 5.46. The first-order valence-corrected chi connectivity index (χ1v) is 7.32. The van der Waals surface area contributed by atoms with Gasteiger partial charge in [-0.05, 0) is 59.0 Å². The zero-order chi connectivity index (χ0) is 15.1. The summed E-state index contributed by atoms with van der Waals surface area (Å²) in [5, 5.41) is 16.3. The van der Waals surface area contributed by atoms with Crippen LogP contribution in [0.5, 0.6) is 5.75 Å². The van der Waals surface area contributed by atoms with Crippen molar-refractivity contribution in [2.24, 2.45) is 5.10 Å². The molecule has 0 fully saturated rings. The first-order chi connectivity index (χ1) is 10.1. The van der Waals surface area contributed by atoms with Crippen molar-refractivity contribution in [1.82, 2.24) is 5.43 Å². The molecule has 0 aliphatic rings. The van der Waals surface area contributed by atoms with Crippen molar-refractivity contribution in [2.75, 3.05) is 11.9 Å². The van der Waals surface area contributed by atoms with Gasteiger partial charge < -0.3 is 10.4 Å². The van der Waals surface area contributed by atoms with E-state index in [1.54, 1.807) is 24.3 Å². The van der Waals surface area contributed by atoms with Crippen molar-refractivity contribution >= 4 is 40.4 Å². The van der Waals surface area contributed by atoms with Gasteiger partial charge in [0.25, 0.3) is 5.91 Å². The molecule has 0 aliphatic carbocycles. The van der Waals surface area contributed by atoms with Gasteiger partial charge in [-0.25, -0.2) is 5.43 Å². The Bertz CT molecular complexity index is 642. The predicted octanol–water partition coefficient (Wildman–Crippen LogP) is 2.56. The number of phenolic OH excluding ortho intramolecular Hbond substituents is 1. The third-order valence-corrected chi connectivity index (χ3v) is 3.35. The molecule has 108 valence electrons. The van der Waals surface area contributed by atoms with Gasteiger partial charge >= 0.3 is 0 Å². The van der Waals surface area contributed by atoms with Gasteiger partial charge in [-0.15, -0.1) is 0 Å². The van der Waals surface area contributed by atoms with Gasteiger partial charge in [0.15, 0.2) is 0 Å². The fourth-order valence-corrected chi connectivity index (χ4v) is 1.92. The maximum atomic E-state index is 11.6. The molecular weight excluding hydrogens is 381 g/mol. The second-order valence-electron chi connectivity index (χ2n) is 4.21. The molecule has 0 aromatic heterocycles. The first-order valence-electron chi connectivity index (χ1n) is 6.24. The number of halogens is 1. The van der Waals surface area contributed by atoms with Crippen LogP contribution >= 0.6 is 22.6 Å². The summed E-state index contributed by atoms with van der Waals surface area (Å²) >= 11 is 2.22. The number of rotatable bonds is 5. The molecule has 5 nitrogen and oxygen atoms in total. The summed E-state index contributed by atoms with van der Waals surface area (Å²) in [4.78, 5) is 11.6. The molecule has 6 heteroatoms. The summed E-state index contributed by atoms with van der Waals surface area (Å²) < 4.78 is 1.13. The standard InChI is InChI=1S/C15H14IN3O2/c16-12-5-7-13(8-6-12)17-10-15(21)19-18-9-11-3-1-2-4-14(11)20/h1-9,17,20H,10H2,(H,19,21)/b18-9-. The molecule has 0 saturated heterocycles. The number of anilines is 1. The normalized spacial score (nSPS) is 10.5. The predicted molar refractivity (Wildman–Crippen MR) is 91.5 cm³/mol. The number of hydrogen-bond acceptors (Lipinski definition) is 4. The molecule has 0 atom stereocenters. The number of carbonyl (C=O) groups is 1. The monoisotopic (exact) mass is 395 g/mol. The number of carbonyl (C=O) groups excluding carboxylic acids is 1. The zero-order valence-electron chi connectivity index (χ0n) is 11.1. The van der Waals surface area contributed by atoms with Crippen LogP contribution in [-0.4, -0.2) is 23.8 Å². The molecule has 3 N–H and O–H groups in total. The molecule has 0 heterocycles. The van der Waals surface area contributed by atoms with Crippen LogP contribution < -0.4 is 10.7 Å². The van der Waals surface area contributed by atoms with E-state index in [9.17, 15) is 9.90 Å². The van der Waals surface area contributed by atoms with Crippen LogP contribution in [0.15, 0.2) is 53.6 Å². The van der Waals surface area contributed by atoms with Crippen molar-refractivity contribution < 1.29 is 9.90 Å². The van der Waals surface area contributed by atoms with Crippen molar-refractivity contribution in [3.05, 3.63) is 57.7 Å². The summed E-state index contributed by atoms with van der Waals surface area (Å²) in [6, 6.07) is 14.5. The summed E-state index contributed by atoms with van der Waals surface area (Å²) in [6.45, 7) is 0.124. The molecule has 2 rings (SSSR count). The minimum Gasteiger partial charge on any atom is -0.507 e. The van der Waals surface area contributed by atoms with E-state index in [2.05, 4.69) is 38.4 Å². The van der Waals surface area contributed by atoms with Gasteiger partial charge in [0.05, 0.1) is 12.8 Å². The largest absolute Gasteiger partial charge is 0.507 e. The number of nitrogens with zero attached hydrogens (tertiary/aromatic N) is 1.